The summed E-state index contributed by atoms with van der Waals surface area (Å²) in [6.07, 6.45) is -0.931. The molecule has 0 aliphatic carbocycles. The molecule has 23 heavy (non-hydrogen) atoms. The van der Waals surface area contributed by atoms with Crippen molar-refractivity contribution < 1.29 is 14.3 Å². The van der Waals surface area contributed by atoms with Crippen LogP contribution >= 0.6 is 11.6 Å². The maximum atomic E-state index is 12.2. The fraction of sp³-hybridized carbons (Fsp3) is 0.222. The number of benzene rings is 2. The van der Waals surface area contributed by atoms with Crippen LogP contribution in [0.5, 0.6) is 0 Å². The first kappa shape index (κ1) is 17.0. The Bertz CT molecular complexity index is 743. The van der Waals surface area contributed by atoms with Crippen molar-refractivity contribution in [1.29, 1.82) is 0 Å². The Balaban J connectivity index is 2.03. The van der Waals surface area contributed by atoms with Crippen molar-refractivity contribution in [1.82, 2.24) is 0 Å². The molecule has 1 atom stereocenters. The van der Waals surface area contributed by atoms with Gasteiger partial charge < -0.3 is 10.1 Å². The minimum absolute atomic E-state index is 0.236. The van der Waals surface area contributed by atoms with Gasteiger partial charge in [-0.2, -0.15) is 0 Å². The summed E-state index contributed by atoms with van der Waals surface area (Å²) in [4.78, 5) is 24.2. The van der Waals surface area contributed by atoms with E-state index in [2.05, 4.69) is 5.32 Å². The number of rotatable bonds is 4. The van der Waals surface area contributed by atoms with Gasteiger partial charge in [0.1, 0.15) is 0 Å². The van der Waals surface area contributed by atoms with Gasteiger partial charge in [-0.15, -0.1) is 0 Å². The van der Waals surface area contributed by atoms with Crippen molar-refractivity contribution in [2.75, 3.05) is 5.32 Å². The van der Waals surface area contributed by atoms with Crippen molar-refractivity contribution >= 4 is 29.2 Å². The van der Waals surface area contributed by atoms with E-state index in [4.69, 9.17) is 16.3 Å². The fourth-order valence-corrected chi connectivity index (χ4v) is 2.31. The first-order valence-electron chi connectivity index (χ1n) is 7.22. The summed E-state index contributed by atoms with van der Waals surface area (Å²) in [5.74, 6) is -1.02. The van der Waals surface area contributed by atoms with Crippen molar-refractivity contribution in [3.63, 3.8) is 0 Å². The van der Waals surface area contributed by atoms with Crippen LogP contribution in [-0.2, 0) is 9.53 Å². The highest BCUT2D eigenvalue weighted by atomic mass is 35.5. The molecular weight excluding hydrogens is 314 g/mol. The molecule has 0 radical (unpaired) electrons. The highest BCUT2D eigenvalue weighted by Gasteiger charge is 2.20. The molecule has 2 aromatic carbocycles. The van der Waals surface area contributed by atoms with Crippen molar-refractivity contribution in [2.24, 2.45) is 0 Å². The predicted molar refractivity (Wildman–Crippen MR) is 90.9 cm³/mol. The standard InChI is InChI=1S/C18H18ClNO3/c1-11-8-9-16(12(2)10-11)20-17(21)13(3)23-18(22)14-6-4-5-7-15(14)19/h4-10,13H,1-3H3,(H,20,21)/t13-/m0/s1. The Labute approximate surface area is 140 Å². The molecule has 120 valence electrons. The van der Waals surface area contributed by atoms with E-state index in [1.54, 1.807) is 24.3 Å². The van der Waals surface area contributed by atoms with E-state index in [-0.39, 0.29) is 5.56 Å². The summed E-state index contributed by atoms with van der Waals surface area (Å²) in [5, 5.41) is 3.05. The Kier molecular flexibility index (Phi) is 5.40. The zero-order chi connectivity index (χ0) is 17.0. The van der Waals surface area contributed by atoms with Crippen LogP contribution in [-0.4, -0.2) is 18.0 Å². The molecule has 0 aromatic heterocycles. The van der Waals surface area contributed by atoms with Crippen LogP contribution in [0.4, 0.5) is 5.69 Å². The molecule has 5 heteroatoms. The van der Waals surface area contributed by atoms with Crippen molar-refractivity contribution in [3.05, 3.63) is 64.2 Å². The molecule has 2 aromatic rings. The molecule has 0 saturated carbocycles. The van der Waals surface area contributed by atoms with Gasteiger partial charge in [0.05, 0.1) is 10.6 Å². The molecule has 0 heterocycles. The lowest BCUT2D eigenvalue weighted by molar-refractivity contribution is -0.123. The third kappa shape index (κ3) is 4.33. The summed E-state index contributed by atoms with van der Waals surface area (Å²) >= 11 is 5.95. The Morgan fingerprint density at radius 1 is 1.13 bits per heavy atom. The third-order valence-electron chi connectivity index (χ3n) is 3.39. The topological polar surface area (TPSA) is 55.4 Å². The van der Waals surface area contributed by atoms with Crippen LogP contribution in [0.3, 0.4) is 0 Å². The molecule has 0 fully saturated rings. The number of hydrogen-bond donors (Lipinski definition) is 1. The van der Waals surface area contributed by atoms with Crippen molar-refractivity contribution in [3.8, 4) is 0 Å². The van der Waals surface area contributed by atoms with Crippen LogP contribution < -0.4 is 5.32 Å². The second-order valence-corrected chi connectivity index (χ2v) is 5.74. The monoisotopic (exact) mass is 331 g/mol. The van der Waals surface area contributed by atoms with E-state index in [0.29, 0.717) is 10.7 Å². The molecule has 0 unspecified atom stereocenters. The Morgan fingerprint density at radius 2 is 1.83 bits per heavy atom. The molecule has 0 spiro atoms. The van der Waals surface area contributed by atoms with Crippen LogP contribution in [0.15, 0.2) is 42.5 Å². The maximum absolute atomic E-state index is 12.2. The van der Waals surface area contributed by atoms with E-state index in [1.807, 2.05) is 32.0 Å². The quantitative estimate of drug-likeness (QED) is 0.857. The summed E-state index contributed by atoms with van der Waals surface area (Å²) in [6.45, 7) is 5.41. The maximum Gasteiger partial charge on any atom is 0.340 e. The minimum Gasteiger partial charge on any atom is -0.449 e. The first-order valence-corrected chi connectivity index (χ1v) is 7.60. The van der Waals surface area contributed by atoms with Gasteiger partial charge in [0, 0.05) is 5.69 Å². The first-order chi connectivity index (χ1) is 10.9. The number of hydrogen-bond acceptors (Lipinski definition) is 3. The van der Waals surface area contributed by atoms with E-state index >= 15 is 0 Å². The third-order valence-corrected chi connectivity index (χ3v) is 3.72. The SMILES string of the molecule is Cc1ccc(NC(=O)[C@H](C)OC(=O)c2ccccc2Cl)c(C)c1. The molecule has 2 rings (SSSR count). The predicted octanol–water partition coefficient (Wildman–Crippen LogP) is 4.14. The van der Waals surface area contributed by atoms with Crippen LogP contribution in [0.25, 0.3) is 0 Å². The lowest BCUT2D eigenvalue weighted by atomic mass is 10.1. The average Bonchev–Trinajstić information content (AvgIpc) is 2.50. The van der Waals surface area contributed by atoms with E-state index in [1.165, 1.54) is 6.92 Å². The van der Waals surface area contributed by atoms with E-state index in [9.17, 15) is 9.59 Å². The summed E-state index contributed by atoms with van der Waals surface area (Å²) < 4.78 is 5.18. The van der Waals surface area contributed by atoms with Gasteiger partial charge in [0.25, 0.3) is 5.91 Å². The van der Waals surface area contributed by atoms with Gasteiger partial charge in [-0.25, -0.2) is 4.79 Å². The normalized spacial score (nSPS) is 11.7. The summed E-state index contributed by atoms with van der Waals surface area (Å²) in [5.41, 5.74) is 2.99. The number of carbonyl (C=O) groups is 2. The van der Waals surface area contributed by atoms with Crippen molar-refractivity contribution in [2.45, 2.75) is 26.9 Å². The molecule has 0 saturated heterocycles. The van der Waals surface area contributed by atoms with Gasteiger partial charge >= 0.3 is 5.97 Å². The van der Waals surface area contributed by atoms with E-state index < -0.39 is 18.0 Å². The highest BCUT2D eigenvalue weighted by molar-refractivity contribution is 6.33. The number of halogens is 1. The second kappa shape index (κ2) is 7.29. The van der Waals surface area contributed by atoms with Gasteiger partial charge in [-0.05, 0) is 44.5 Å². The van der Waals surface area contributed by atoms with E-state index in [0.717, 1.165) is 11.1 Å². The number of aryl methyl sites for hydroxylation is 2. The molecule has 1 N–H and O–H groups in total. The van der Waals surface area contributed by atoms with Crippen LogP contribution in [0, 0.1) is 13.8 Å². The number of ether oxygens (including phenoxy) is 1. The smallest absolute Gasteiger partial charge is 0.340 e. The minimum atomic E-state index is -0.931. The molecule has 0 bridgehead atoms. The highest BCUT2D eigenvalue weighted by Crippen LogP contribution is 2.18. The van der Waals surface area contributed by atoms with Gasteiger partial charge in [0.2, 0.25) is 0 Å². The second-order valence-electron chi connectivity index (χ2n) is 5.34. The lowest BCUT2D eigenvalue weighted by Crippen LogP contribution is -2.30. The number of esters is 1. The molecule has 0 aliphatic heterocycles. The van der Waals surface area contributed by atoms with Crippen LogP contribution in [0.1, 0.15) is 28.4 Å². The summed E-state index contributed by atoms with van der Waals surface area (Å²) in [6, 6.07) is 12.3. The van der Waals surface area contributed by atoms with Gasteiger partial charge in [-0.3, -0.25) is 4.79 Å². The van der Waals surface area contributed by atoms with Gasteiger partial charge in [0.15, 0.2) is 6.10 Å². The molecule has 4 nitrogen and oxygen atoms in total. The lowest BCUT2D eigenvalue weighted by Gasteiger charge is -2.15. The summed E-state index contributed by atoms with van der Waals surface area (Å²) in [7, 11) is 0. The largest absolute Gasteiger partial charge is 0.449 e. The zero-order valence-corrected chi connectivity index (χ0v) is 14.0. The number of carbonyl (C=O) groups excluding carboxylic acids is 2. The number of amides is 1. The Hall–Kier alpha value is -2.33. The Morgan fingerprint density at radius 3 is 2.48 bits per heavy atom. The zero-order valence-electron chi connectivity index (χ0n) is 13.2. The van der Waals surface area contributed by atoms with Gasteiger partial charge in [-0.1, -0.05) is 41.4 Å². The average molecular weight is 332 g/mol. The molecular formula is C18H18ClNO3. The fourth-order valence-electron chi connectivity index (χ4n) is 2.09. The molecule has 1 amide bonds. The van der Waals surface area contributed by atoms with Crippen LogP contribution in [0.2, 0.25) is 5.02 Å². The molecule has 0 aliphatic rings. The number of anilines is 1. The number of nitrogens with one attached hydrogen (secondary N) is 1.